The SMILES string of the molecule is CNCCN(C)C(=O)CN1C(=O)c2ccccc2C1=O. The van der Waals surface area contributed by atoms with E-state index in [0.717, 1.165) is 4.90 Å². The second-order valence-electron chi connectivity index (χ2n) is 4.66. The molecule has 0 fully saturated rings. The van der Waals surface area contributed by atoms with E-state index in [1.807, 2.05) is 0 Å². The Morgan fingerprint density at radius 2 is 1.75 bits per heavy atom. The molecule has 1 N–H and O–H groups in total. The van der Waals surface area contributed by atoms with Crippen LogP contribution in [0.3, 0.4) is 0 Å². The highest BCUT2D eigenvalue weighted by atomic mass is 16.2. The molecule has 0 unspecified atom stereocenters. The molecule has 1 heterocycles. The molecule has 1 aromatic carbocycles. The zero-order valence-corrected chi connectivity index (χ0v) is 11.5. The second-order valence-corrected chi connectivity index (χ2v) is 4.66. The molecule has 0 aromatic heterocycles. The molecular weight excluding hydrogens is 258 g/mol. The number of benzene rings is 1. The number of fused-ring (bicyclic) bond motifs is 1. The highest BCUT2D eigenvalue weighted by molar-refractivity contribution is 6.22. The van der Waals surface area contributed by atoms with Crippen LogP contribution in [0.25, 0.3) is 0 Å². The number of likely N-dealkylation sites (N-methyl/N-ethyl adjacent to an activating group) is 2. The van der Waals surface area contributed by atoms with E-state index in [9.17, 15) is 14.4 Å². The van der Waals surface area contributed by atoms with Crippen LogP contribution in [0.4, 0.5) is 0 Å². The fourth-order valence-corrected chi connectivity index (χ4v) is 2.04. The van der Waals surface area contributed by atoms with Gasteiger partial charge in [0.15, 0.2) is 0 Å². The van der Waals surface area contributed by atoms with Crippen LogP contribution in [0.1, 0.15) is 20.7 Å². The minimum absolute atomic E-state index is 0.216. The summed E-state index contributed by atoms with van der Waals surface area (Å²) in [7, 11) is 3.44. The van der Waals surface area contributed by atoms with E-state index in [-0.39, 0.29) is 12.5 Å². The third-order valence-electron chi connectivity index (χ3n) is 3.29. The number of hydrogen-bond donors (Lipinski definition) is 1. The first-order valence-electron chi connectivity index (χ1n) is 6.40. The summed E-state index contributed by atoms with van der Waals surface area (Å²) < 4.78 is 0. The topological polar surface area (TPSA) is 69.7 Å². The van der Waals surface area contributed by atoms with Gasteiger partial charge in [0.05, 0.1) is 11.1 Å². The average molecular weight is 275 g/mol. The zero-order chi connectivity index (χ0) is 14.7. The fraction of sp³-hybridized carbons (Fsp3) is 0.357. The molecule has 6 heteroatoms. The standard InChI is InChI=1S/C14H17N3O3/c1-15-7-8-16(2)12(18)9-17-13(19)10-5-3-4-6-11(10)14(17)20/h3-6,15H,7-9H2,1-2H3. The lowest BCUT2D eigenvalue weighted by molar-refractivity contribution is -0.130. The monoisotopic (exact) mass is 275 g/mol. The van der Waals surface area contributed by atoms with Gasteiger partial charge < -0.3 is 10.2 Å². The van der Waals surface area contributed by atoms with Gasteiger partial charge >= 0.3 is 0 Å². The molecule has 1 aliphatic heterocycles. The van der Waals surface area contributed by atoms with Gasteiger partial charge in [0.25, 0.3) is 11.8 Å². The lowest BCUT2D eigenvalue weighted by Gasteiger charge is -2.20. The van der Waals surface area contributed by atoms with Crippen molar-refractivity contribution in [1.82, 2.24) is 15.1 Å². The maximum absolute atomic E-state index is 12.1. The molecule has 3 amide bonds. The summed E-state index contributed by atoms with van der Waals surface area (Å²) in [5.74, 6) is -1.06. The van der Waals surface area contributed by atoms with Crippen LogP contribution in [0.2, 0.25) is 0 Å². The second kappa shape index (κ2) is 5.83. The van der Waals surface area contributed by atoms with Crippen molar-refractivity contribution in [2.24, 2.45) is 0 Å². The van der Waals surface area contributed by atoms with Gasteiger partial charge in [-0.25, -0.2) is 0 Å². The molecular formula is C14H17N3O3. The van der Waals surface area contributed by atoms with Crippen molar-refractivity contribution in [2.75, 3.05) is 33.7 Å². The molecule has 0 atom stereocenters. The highest BCUT2D eigenvalue weighted by Gasteiger charge is 2.36. The number of nitrogens with zero attached hydrogens (tertiary/aromatic N) is 2. The largest absolute Gasteiger partial charge is 0.343 e. The van der Waals surface area contributed by atoms with Crippen LogP contribution in [0.15, 0.2) is 24.3 Å². The number of imide groups is 1. The quantitative estimate of drug-likeness (QED) is 0.766. The van der Waals surface area contributed by atoms with Crippen molar-refractivity contribution in [1.29, 1.82) is 0 Å². The van der Waals surface area contributed by atoms with Crippen LogP contribution in [-0.2, 0) is 4.79 Å². The molecule has 1 aliphatic rings. The lowest BCUT2D eigenvalue weighted by atomic mass is 10.1. The summed E-state index contributed by atoms with van der Waals surface area (Å²) in [4.78, 5) is 38.7. The van der Waals surface area contributed by atoms with Crippen LogP contribution in [0.5, 0.6) is 0 Å². The Morgan fingerprint density at radius 1 is 1.20 bits per heavy atom. The molecule has 0 bridgehead atoms. The molecule has 0 spiro atoms. The predicted octanol–water partition coefficient (Wildman–Crippen LogP) is -0.0396. The zero-order valence-electron chi connectivity index (χ0n) is 11.5. The van der Waals surface area contributed by atoms with E-state index in [1.165, 1.54) is 4.90 Å². The van der Waals surface area contributed by atoms with Crippen molar-refractivity contribution in [3.63, 3.8) is 0 Å². The maximum Gasteiger partial charge on any atom is 0.262 e. The van der Waals surface area contributed by atoms with Crippen LogP contribution < -0.4 is 5.32 Å². The number of nitrogens with one attached hydrogen (secondary N) is 1. The fourth-order valence-electron chi connectivity index (χ4n) is 2.04. The van der Waals surface area contributed by atoms with E-state index in [2.05, 4.69) is 5.32 Å². The van der Waals surface area contributed by atoms with Crippen molar-refractivity contribution in [2.45, 2.75) is 0 Å². The van der Waals surface area contributed by atoms with Crippen LogP contribution >= 0.6 is 0 Å². The lowest BCUT2D eigenvalue weighted by Crippen LogP contribution is -2.42. The first-order chi connectivity index (χ1) is 9.56. The molecule has 0 radical (unpaired) electrons. The number of carbonyl (C=O) groups excluding carboxylic acids is 3. The van der Waals surface area contributed by atoms with Gasteiger partial charge in [0.2, 0.25) is 5.91 Å². The Balaban J connectivity index is 2.07. The highest BCUT2D eigenvalue weighted by Crippen LogP contribution is 2.22. The molecule has 0 saturated carbocycles. The van der Waals surface area contributed by atoms with Crippen molar-refractivity contribution < 1.29 is 14.4 Å². The van der Waals surface area contributed by atoms with Gasteiger partial charge in [-0.2, -0.15) is 0 Å². The third kappa shape index (κ3) is 2.55. The van der Waals surface area contributed by atoms with Crippen LogP contribution in [-0.4, -0.2) is 61.3 Å². The summed E-state index contributed by atoms with van der Waals surface area (Å²) in [5, 5.41) is 2.94. The molecule has 1 aromatic rings. The Labute approximate surface area is 117 Å². The normalized spacial score (nSPS) is 13.6. The molecule has 0 aliphatic carbocycles. The summed E-state index contributed by atoms with van der Waals surface area (Å²) in [5.41, 5.74) is 0.728. The van der Waals surface area contributed by atoms with E-state index >= 15 is 0 Å². The smallest absolute Gasteiger partial charge is 0.262 e. The van der Waals surface area contributed by atoms with Crippen molar-refractivity contribution >= 4 is 17.7 Å². The van der Waals surface area contributed by atoms with Crippen LogP contribution in [0, 0.1) is 0 Å². The van der Waals surface area contributed by atoms with Crippen molar-refractivity contribution in [3.05, 3.63) is 35.4 Å². The van der Waals surface area contributed by atoms with Gasteiger partial charge in [-0.15, -0.1) is 0 Å². The Morgan fingerprint density at radius 3 is 2.25 bits per heavy atom. The van der Waals surface area contributed by atoms with Gasteiger partial charge in [-0.3, -0.25) is 19.3 Å². The number of amides is 3. The van der Waals surface area contributed by atoms with Gasteiger partial charge in [-0.05, 0) is 19.2 Å². The van der Waals surface area contributed by atoms with E-state index < -0.39 is 11.8 Å². The summed E-state index contributed by atoms with van der Waals surface area (Å²) >= 11 is 0. The first kappa shape index (κ1) is 14.2. The van der Waals surface area contributed by atoms with E-state index in [4.69, 9.17) is 0 Å². The number of carbonyl (C=O) groups is 3. The van der Waals surface area contributed by atoms with Gasteiger partial charge in [-0.1, -0.05) is 12.1 Å². The minimum atomic E-state index is -0.402. The molecule has 0 saturated heterocycles. The first-order valence-corrected chi connectivity index (χ1v) is 6.40. The van der Waals surface area contributed by atoms with E-state index in [0.29, 0.717) is 24.2 Å². The Hall–Kier alpha value is -2.21. The third-order valence-corrected chi connectivity index (χ3v) is 3.29. The van der Waals surface area contributed by atoms with Crippen molar-refractivity contribution in [3.8, 4) is 0 Å². The van der Waals surface area contributed by atoms with E-state index in [1.54, 1.807) is 38.4 Å². The predicted molar refractivity (Wildman–Crippen MR) is 73.4 cm³/mol. The summed E-state index contributed by atoms with van der Waals surface area (Å²) in [6.07, 6.45) is 0. The summed E-state index contributed by atoms with van der Waals surface area (Å²) in [6, 6.07) is 6.61. The number of hydrogen-bond acceptors (Lipinski definition) is 4. The van der Waals surface area contributed by atoms with Gasteiger partial charge in [0, 0.05) is 20.1 Å². The molecule has 6 nitrogen and oxygen atoms in total. The molecule has 106 valence electrons. The molecule has 20 heavy (non-hydrogen) atoms. The maximum atomic E-state index is 12.1. The van der Waals surface area contributed by atoms with Gasteiger partial charge in [0.1, 0.15) is 6.54 Å². The minimum Gasteiger partial charge on any atom is -0.343 e. The molecule has 2 rings (SSSR count). The number of rotatable bonds is 5. The summed E-state index contributed by atoms with van der Waals surface area (Å²) in [6.45, 7) is 0.968. The Kier molecular flexibility index (Phi) is 4.14. The average Bonchev–Trinajstić information content (AvgIpc) is 2.70. The Bertz CT molecular complexity index is 521.